The molecule has 0 saturated heterocycles. The zero-order valence-electron chi connectivity index (χ0n) is 19.8. The Morgan fingerprint density at radius 3 is 2.38 bits per heavy atom. The average Bonchev–Trinajstić information content (AvgIpc) is 3.24. The first kappa shape index (κ1) is 16.5. The van der Waals surface area contributed by atoms with Crippen molar-refractivity contribution in [2.24, 2.45) is 0 Å². The van der Waals surface area contributed by atoms with Gasteiger partial charge in [0, 0.05) is 16.7 Å². The Kier molecular flexibility index (Phi) is 4.44. The third kappa shape index (κ3) is 3.66. The molecule has 4 aliphatic carbocycles. The Labute approximate surface area is 176 Å². The molecule has 4 aliphatic rings. The third-order valence-electron chi connectivity index (χ3n) is 7.15. The summed E-state index contributed by atoms with van der Waals surface area (Å²) in [6, 6.07) is 7.43. The molecular formula is C23H30N2O4. The van der Waals surface area contributed by atoms with Gasteiger partial charge in [0.2, 0.25) is 5.91 Å². The second-order valence-electron chi connectivity index (χ2n) is 8.59. The number of benzene rings is 1. The molecule has 156 valence electrons. The van der Waals surface area contributed by atoms with Crippen molar-refractivity contribution in [3.63, 3.8) is 0 Å². The smallest absolute Gasteiger partial charge is 0.271 e. The number of rotatable bonds is 6. The second kappa shape index (κ2) is 7.82. The fourth-order valence-corrected chi connectivity index (χ4v) is 5.41. The molecule has 0 aromatic heterocycles. The quantitative estimate of drug-likeness (QED) is 0.717. The summed E-state index contributed by atoms with van der Waals surface area (Å²) in [4.78, 5) is 30.0. The summed E-state index contributed by atoms with van der Waals surface area (Å²) in [5, 5.41) is 3.28. The number of hydrogen-bond acceptors (Lipinski definition) is 4. The van der Waals surface area contributed by atoms with E-state index in [2.05, 4.69) is 10.8 Å². The fraction of sp³-hybridized carbons (Fsp3) is 0.565. The predicted octanol–water partition coefficient (Wildman–Crippen LogP) is 3.31. The zero-order chi connectivity index (χ0) is 23.0. The molecule has 0 radical (unpaired) electrons. The summed E-state index contributed by atoms with van der Waals surface area (Å²) in [7, 11) is -1.09. The van der Waals surface area contributed by atoms with Crippen LogP contribution in [0.25, 0.3) is 0 Å². The molecule has 5 rings (SSSR count). The first-order chi connectivity index (χ1) is 15.2. The van der Waals surface area contributed by atoms with Gasteiger partial charge in [-0.25, -0.2) is 5.48 Å². The molecule has 2 N–H and O–H groups in total. The molecule has 2 bridgehead atoms. The number of amides is 2. The topological polar surface area (TPSA) is 76.7 Å². The summed E-state index contributed by atoms with van der Waals surface area (Å²) in [5.41, 5.74) is 4.27. The summed E-state index contributed by atoms with van der Waals surface area (Å²) in [6.07, 6.45) is 7.31. The lowest BCUT2D eigenvalue weighted by Gasteiger charge is -2.54. The van der Waals surface area contributed by atoms with Gasteiger partial charge in [0.25, 0.3) is 5.91 Å². The van der Waals surface area contributed by atoms with Crippen LogP contribution in [0, 0.1) is 0 Å². The van der Waals surface area contributed by atoms with E-state index in [0.717, 1.165) is 50.5 Å². The van der Waals surface area contributed by atoms with Crippen molar-refractivity contribution < 1.29 is 23.3 Å². The van der Waals surface area contributed by atoms with E-state index in [1.54, 1.807) is 6.07 Å². The fourth-order valence-electron chi connectivity index (χ4n) is 5.41. The van der Waals surface area contributed by atoms with Gasteiger partial charge in [-0.2, -0.15) is 0 Å². The minimum Gasteiger partial charge on any atom is -0.497 e. The van der Waals surface area contributed by atoms with Crippen LogP contribution in [0.5, 0.6) is 5.75 Å². The second-order valence-corrected chi connectivity index (χ2v) is 8.59. The van der Waals surface area contributed by atoms with E-state index in [4.69, 9.17) is 13.7 Å². The number of carbonyl (C=O) groups excluding carboxylic acids is 2. The summed E-state index contributed by atoms with van der Waals surface area (Å²) in [6.45, 7) is 0. The van der Waals surface area contributed by atoms with E-state index in [0.29, 0.717) is 29.7 Å². The Balaban J connectivity index is 1.45. The Bertz CT molecular complexity index is 917. The standard InChI is InChI=1S/C23H30N2O4/c1-28-17-6-3-5-16(15-17)22-9-12-23(13-10-22,14-11-22)24-20(26)18-7-4-8-19(18)21(27)25-29-2/h3,5-6,15H,4,7-14H2,1-2H3,(H,24,26)(H,25,27)/i1D3. The van der Waals surface area contributed by atoms with Crippen LogP contribution in [-0.4, -0.2) is 31.5 Å². The lowest BCUT2D eigenvalue weighted by atomic mass is 9.55. The van der Waals surface area contributed by atoms with E-state index >= 15 is 0 Å². The first-order valence-corrected chi connectivity index (χ1v) is 10.3. The van der Waals surface area contributed by atoms with Crippen LogP contribution in [0.4, 0.5) is 0 Å². The maximum atomic E-state index is 13.1. The first-order valence-electron chi connectivity index (χ1n) is 11.8. The molecule has 0 unspecified atom stereocenters. The highest BCUT2D eigenvalue weighted by atomic mass is 16.6. The van der Waals surface area contributed by atoms with Gasteiger partial charge in [0.1, 0.15) is 5.75 Å². The zero-order valence-corrected chi connectivity index (χ0v) is 16.8. The molecule has 0 heterocycles. The van der Waals surface area contributed by atoms with E-state index in [-0.39, 0.29) is 22.8 Å². The van der Waals surface area contributed by atoms with Crippen molar-refractivity contribution in [1.29, 1.82) is 0 Å². The van der Waals surface area contributed by atoms with Crippen molar-refractivity contribution in [1.82, 2.24) is 10.8 Å². The van der Waals surface area contributed by atoms with Crippen LogP contribution in [0.3, 0.4) is 0 Å². The normalized spacial score (nSPS) is 30.3. The SMILES string of the molecule is [2H]C([2H])([2H])Oc1cccc(C23CCC(NC(=O)C4=C(C(=O)NOC)CCC4)(CC2)CC3)c1. The highest BCUT2D eigenvalue weighted by Crippen LogP contribution is 2.54. The van der Waals surface area contributed by atoms with Crippen LogP contribution in [-0.2, 0) is 19.8 Å². The summed E-state index contributed by atoms with van der Waals surface area (Å²) in [5.74, 6) is -0.105. The third-order valence-corrected chi connectivity index (χ3v) is 7.15. The van der Waals surface area contributed by atoms with Gasteiger partial charge >= 0.3 is 0 Å². The number of carbonyl (C=O) groups is 2. The van der Waals surface area contributed by atoms with Crippen LogP contribution in [0.15, 0.2) is 35.4 Å². The van der Waals surface area contributed by atoms with Gasteiger partial charge in [0.15, 0.2) is 0 Å². The van der Waals surface area contributed by atoms with Gasteiger partial charge in [-0.15, -0.1) is 0 Å². The number of ether oxygens (including phenoxy) is 1. The molecule has 6 heteroatoms. The Morgan fingerprint density at radius 2 is 1.72 bits per heavy atom. The van der Waals surface area contributed by atoms with Gasteiger partial charge in [0.05, 0.1) is 18.3 Å². The minimum absolute atomic E-state index is 0.0171. The van der Waals surface area contributed by atoms with Gasteiger partial charge in [-0.3, -0.25) is 14.4 Å². The lowest BCUT2D eigenvalue weighted by molar-refractivity contribution is -0.128. The van der Waals surface area contributed by atoms with Crippen molar-refractivity contribution in [2.75, 3.05) is 14.1 Å². The van der Waals surface area contributed by atoms with Gasteiger partial charge in [-0.05, 0) is 80.9 Å². The number of nitrogens with one attached hydrogen (secondary N) is 2. The largest absolute Gasteiger partial charge is 0.497 e. The molecule has 0 spiro atoms. The van der Waals surface area contributed by atoms with E-state index in [9.17, 15) is 9.59 Å². The molecule has 1 aromatic carbocycles. The maximum Gasteiger partial charge on any atom is 0.271 e. The molecular weight excluding hydrogens is 368 g/mol. The Hall–Kier alpha value is -2.34. The van der Waals surface area contributed by atoms with Crippen LogP contribution >= 0.6 is 0 Å². The highest BCUT2D eigenvalue weighted by molar-refractivity contribution is 6.05. The summed E-state index contributed by atoms with van der Waals surface area (Å²) < 4.78 is 27.1. The molecule has 0 aliphatic heterocycles. The van der Waals surface area contributed by atoms with Gasteiger partial charge < -0.3 is 10.1 Å². The number of methoxy groups -OCH3 is 1. The van der Waals surface area contributed by atoms with Crippen molar-refractivity contribution in [3.05, 3.63) is 41.0 Å². The molecule has 1 aromatic rings. The number of fused-ring (bicyclic) bond motifs is 3. The van der Waals surface area contributed by atoms with Crippen molar-refractivity contribution in [2.45, 2.75) is 68.7 Å². The number of hydrogen-bond donors (Lipinski definition) is 2. The average molecular weight is 402 g/mol. The molecule has 3 saturated carbocycles. The van der Waals surface area contributed by atoms with Crippen LogP contribution in [0.1, 0.15) is 67.5 Å². The van der Waals surface area contributed by atoms with E-state index < -0.39 is 7.04 Å². The summed E-state index contributed by atoms with van der Waals surface area (Å²) >= 11 is 0. The Morgan fingerprint density at radius 1 is 1.03 bits per heavy atom. The highest BCUT2D eigenvalue weighted by Gasteiger charge is 2.50. The van der Waals surface area contributed by atoms with Crippen molar-refractivity contribution >= 4 is 11.8 Å². The maximum absolute atomic E-state index is 13.1. The predicted molar refractivity (Wildman–Crippen MR) is 109 cm³/mol. The van der Waals surface area contributed by atoms with Crippen LogP contribution < -0.4 is 15.5 Å². The van der Waals surface area contributed by atoms with E-state index in [1.165, 1.54) is 7.11 Å². The molecule has 29 heavy (non-hydrogen) atoms. The molecule has 2 amide bonds. The van der Waals surface area contributed by atoms with Crippen molar-refractivity contribution in [3.8, 4) is 5.75 Å². The lowest BCUT2D eigenvalue weighted by Crippen LogP contribution is -2.58. The minimum atomic E-state index is -2.47. The van der Waals surface area contributed by atoms with Gasteiger partial charge in [-0.1, -0.05) is 12.1 Å². The van der Waals surface area contributed by atoms with Crippen LogP contribution in [0.2, 0.25) is 0 Å². The molecule has 3 fully saturated rings. The van der Waals surface area contributed by atoms with E-state index in [1.807, 2.05) is 18.2 Å². The number of hydroxylamine groups is 1. The monoisotopic (exact) mass is 401 g/mol. The molecule has 6 nitrogen and oxygen atoms in total. The molecule has 0 atom stereocenters.